The first-order valence-electron chi connectivity index (χ1n) is 9.70. The molecule has 0 aromatic carbocycles. The summed E-state index contributed by atoms with van der Waals surface area (Å²) in [6.45, 7) is 5.91. The average Bonchev–Trinajstić information content (AvgIpc) is 3.39. The van der Waals surface area contributed by atoms with E-state index in [4.69, 9.17) is 0 Å². The van der Waals surface area contributed by atoms with Crippen molar-refractivity contribution in [1.29, 1.82) is 0 Å². The SMILES string of the molecule is Cc1sc2ncnc(N3CCC(C(=O)Nc4nnc(C5CC5)s4)CC3)c2c1C. The number of rotatable bonds is 4. The van der Waals surface area contributed by atoms with E-state index < -0.39 is 0 Å². The maximum atomic E-state index is 12.7. The number of piperidine rings is 1. The summed E-state index contributed by atoms with van der Waals surface area (Å²) in [5.74, 6) is 1.64. The highest BCUT2D eigenvalue weighted by Gasteiger charge is 2.30. The third-order valence-electron chi connectivity index (χ3n) is 5.71. The molecule has 9 heteroatoms. The molecule has 1 saturated carbocycles. The lowest BCUT2D eigenvalue weighted by molar-refractivity contribution is -0.120. The van der Waals surface area contributed by atoms with Crippen LogP contribution in [0.15, 0.2) is 6.33 Å². The molecule has 0 unspecified atom stereocenters. The second-order valence-electron chi connectivity index (χ2n) is 7.63. The molecule has 0 spiro atoms. The highest BCUT2D eigenvalue weighted by atomic mass is 32.1. The average molecular weight is 415 g/mol. The predicted octanol–water partition coefficient (Wildman–Crippen LogP) is 3.89. The Hall–Kier alpha value is -2.13. The molecule has 4 heterocycles. The second-order valence-corrected chi connectivity index (χ2v) is 9.84. The summed E-state index contributed by atoms with van der Waals surface area (Å²) in [4.78, 5) is 26.3. The van der Waals surface area contributed by atoms with Crippen LogP contribution in [0.5, 0.6) is 0 Å². The number of nitrogens with zero attached hydrogens (tertiary/aromatic N) is 5. The molecular formula is C19H22N6OS2. The van der Waals surface area contributed by atoms with Gasteiger partial charge in [0, 0.05) is 29.8 Å². The van der Waals surface area contributed by atoms with Gasteiger partial charge < -0.3 is 10.2 Å². The molecule has 146 valence electrons. The van der Waals surface area contributed by atoms with Gasteiger partial charge in [0.05, 0.1) is 5.39 Å². The first-order chi connectivity index (χ1) is 13.6. The molecule has 0 atom stereocenters. The van der Waals surface area contributed by atoms with Crippen molar-refractivity contribution in [3.8, 4) is 0 Å². The number of nitrogens with one attached hydrogen (secondary N) is 1. The van der Waals surface area contributed by atoms with Crippen LogP contribution >= 0.6 is 22.7 Å². The number of hydrogen-bond donors (Lipinski definition) is 1. The van der Waals surface area contributed by atoms with Crippen LogP contribution in [-0.2, 0) is 4.79 Å². The Kier molecular flexibility index (Phi) is 4.51. The molecule has 2 fully saturated rings. The van der Waals surface area contributed by atoms with Crippen LogP contribution in [0.1, 0.15) is 47.0 Å². The minimum absolute atomic E-state index is 0.00663. The Balaban J connectivity index is 1.25. The van der Waals surface area contributed by atoms with E-state index in [1.165, 1.54) is 34.6 Å². The van der Waals surface area contributed by atoms with Gasteiger partial charge in [-0.2, -0.15) is 0 Å². The summed E-state index contributed by atoms with van der Waals surface area (Å²) < 4.78 is 0. The van der Waals surface area contributed by atoms with Crippen molar-refractivity contribution in [3.05, 3.63) is 21.8 Å². The molecule has 0 bridgehead atoms. The molecule has 3 aromatic heterocycles. The molecule has 7 nitrogen and oxygen atoms in total. The Morgan fingerprint density at radius 3 is 2.64 bits per heavy atom. The van der Waals surface area contributed by atoms with Crippen molar-refractivity contribution in [3.63, 3.8) is 0 Å². The lowest BCUT2D eigenvalue weighted by Gasteiger charge is -2.32. The summed E-state index contributed by atoms with van der Waals surface area (Å²) in [6, 6.07) is 0. The topological polar surface area (TPSA) is 83.9 Å². The summed E-state index contributed by atoms with van der Waals surface area (Å²) >= 11 is 3.24. The minimum atomic E-state index is 0.00663. The van der Waals surface area contributed by atoms with Gasteiger partial charge in [-0.25, -0.2) is 9.97 Å². The summed E-state index contributed by atoms with van der Waals surface area (Å²) in [7, 11) is 0. The van der Waals surface area contributed by atoms with Crippen molar-refractivity contribution < 1.29 is 4.79 Å². The number of aromatic nitrogens is 4. The van der Waals surface area contributed by atoms with Gasteiger partial charge in [0.2, 0.25) is 11.0 Å². The lowest BCUT2D eigenvalue weighted by atomic mass is 9.96. The van der Waals surface area contributed by atoms with E-state index in [-0.39, 0.29) is 11.8 Å². The number of carbonyl (C=O) groups excluding carboxylic acids is 1. The van der Waals surface area contributed by atoms with Gasteiger partial charge in [-0.05, 0) is 45.1 Å². The molecule has 0 radical (unpaired) electrons. The fourth-order valence-electron chi connectivity index (χ4n) is 3.74. The van der Waals surface area contributed by atoms with Gasteiger partial charge in [0.1, 0.15) is 22.0 Å². The van der Waals surface area contributed by atoms with Crippen LogP contribution in [0.3, 0.4) is 0 Å². The van der Waals surface area contributed by atoms with Crippen LogP contribution in [0.4, 0.5) is 10.9 Å². The predicted molar refractivity (Wildman–Crippen MR) is 112 cm³/mol. The van der Waals surface area contributed by atoms with E-state index in [0.29, 0.717) is 11.0 Å². The maximum absolute atomic E-state index is 12.7. The fraction of sp³-hybridized carbons (Fsp3) is 0.526. The van der Waals surface area contributed by atoms with Gasteiger partial charge in [-0.1, -0.05) is 11.3 Å². The maximum Gasteiger partial charge on any atom is 0.229 e. The third-order valence-corrected chi connectivity index (χ3v) is 7.82. The largest absolute Gasteiger partial charge is 0.356 e. The normalized spacial score (nSPS) is 18.0. The quantitative estimate of drug-likeness (QED) is 0.697. The van der Waals surface area contributed by atoms with E-state index in [2.05, 4.69) is 44.2 Å². The fourth-order valence-corrected chi connectivity index (χ4v) is 5.65. The van der Waals surface area contributed by atoms with Gasteiger partial charge in [0.15, 0.2) is 0 Å². The molecule has 28 heavy (non-hydrogen) atoms. The highest BCUT2D eigenvalue weighted by molar-refractivity contribution is 7.18. The van der Waals surface area contributed by atoms with Gasteiger partial charge in [-0.3, -0.25) is 4.79 Å². The number of fused-ring (bicyclic) bond motifs is 1. The lowest BCUT2D eigenvalue weighted by Crippen LogP contribution is -2.38. The van der Waals surface area contributed by atoms with E-state index in [9.17, 15) is 4.79 Å². The molecular weight excluding hydrogens is 392 g/mol. The Morgan fingerprint density at radius 1 is 1.11 bits per heavy atom. The zero-order valence-corrected chi connectivity index (χ0v) is 17.6. The Morgan fingerprint density at radius 2 is 1.89 bits per heavy atom. The molecule has 2 aliphatic rings. The van der Waals surface area contributed by atoms with E-state index >= 15 is 0 Å². The first-order valence-corrected chi connectivity index (χ1v) is 11.3. The summed E-state index contributed by atoms with van der Waals surface area (Å²) in [6.07, 6.45) is 5.67. The highest BCUT2D eigenvalue weighted by Crippen LogP contribution is 2.42. The zero-order chi connectivity index (χ0) is 19.3. The van der Waals surface area contributed by atoms with Gasteiger partial charge in [-0.15, -0.1) is 21.5 Å². The molecule has 1 amide bonds. The molecule has 1 N–H and O–H groups in total. The van der Waals surface area contributed by atoms with Crippen LogP contribution in [-0.4, -0.2) is 39.2 Å². The molecule has 1 aliphatic carbocycles. The third kappa shape index (κ3) is 3.26. The number of anilines is 2. The van der Waals surface area contributed by atoms with Crippen LogP contribution in [0, 0.1) is 19.8 Å². The number of hydrogen-bond acceptors (Lipinski definition) is 8. The monoisotopic (exact) mass is 414 g/mol. The van der Waals surface area contributed by atoms with Gasteiger partial charge in [0.25, 0.3) is 0 Å². The van der Waals surface area contributed by atoms with Gasteiger partial charge >= 0.3 is 0 Å². The van der Waals surface area contributed by atoms with Crippen molar-refractivity contribution in [2.75, 3.05) is 23.3 Å². The van der Waals surface area contributed by atoms with Crippen LogP contribution in [0.25, 0.3) is 10.2 Å². The smallest absolute Gasteiger partial charge is 0.229 e. The Bertz CT molecular complexity index is 1030. The number of thiophene rings is 1. The Labute approximate surface area is 171 Å². The minimum Gasteiger partial charge on any atom is -0.356 e. The van der Waals surface area contributed by atoms with Crippen LogP contribution in [0.2, 0.25) is 0 Å². The van der Waals surface area contributed by atoms with Crippen molar-refractivity contribution >= 4 is 49.7 Å². The summed E-state index contributed by atoms with van der Waals surface area (Å²) in [5.41, 5.74) is 1.26. The van der Waals surface area contributed by atoms with Crippen molar-refractivity contribution in [2.45, 2.75) is 45.4 Å². The molecule has 5 rings (SSSR count). The zero-order valence-electron chi connectivity index (χ0n) is 15.9. The summed E-state index contributed by atoms with van der Waals surface area (Å²) in [5, 5.41) is 14.2. The van der Waals surface area contributed by atoms with Crippen molar-refractivity contribution in [1.82, 2.24) is 20.2 Å². The van der Waals surface area contributed by atoms with E-state index in [0.717, 1.165) is 47.0 Å². The molecule has 1 aliphatic heterocycles. The number of carbonyl (C=O) groups is 1. The second kappa shape index (κ2) is 7.04. The number of amides is 1. The van der Waals surface area contributed by atoms with E-state index in [1.807, 2.05) is 0 Å². The van der Waals surface area contributed by atoms with Crippen LogP contribution < -0.4 is 10.2 Å². The molecule has 1 saturated heterocycles. The molecule has 3 aromatic rings. The first kappa shape index (κ1) is 17.9. The number of aryl methyl sites for hydroxylation is 2. The standard InChI is InChI=1S/C19H22N6OS2/c1-10-11(2)27-18-14(10)15(20-9-21-18)25-7-5-12(6-8-25)16(26)22-19-24-23-17(28-19)13-3-4-13/h9,12-13H,3-8H2,1-2H3,(H,22,24,26). The van der Waals surface area contributed by atoms with Crippen molar-refractivity contribution in [2.24, 2.45) is 5.92 Å². The van der Waals surface area contributed by atoms with E-state index in [1.54, 1.807) is 17.7 Å².